The van der Waals surface area contributed by atoms with Gasteiger partial charge in [0.25, 0.3) is 0 Å². The fourth-order valence-corrected chi connectivity index (χ4v) is 1.42. The van der Waals surface area contributed by atoms with Gasteiger partial charge < -0.3 is 20.1 Å². The van der Waals surface area contributed by atoms with Crippen LogP contribution in [0.2, 0.25) is 0 Å². The fourth-order valence-electron chi connectivity index (χ4n) is 1.42. The van der Waals surface area contributed by atoms with Gasteiger partial charge in [-0.1, -0.05) is 13.8 Å². The summed E-state index contributed by atoms with van der Waals surface area (Å²) in [6.07, 6.45) is -1.24. The van der Waals surface area contributed by atoms with Crippen molar-refractivity contribution in [1.82, 2.24) is 0 Å². The van der Waals surface area contributed by atoms with Gasteiger partial charge in [-0.15, -0.1) is 0 Å². The lowest BCUT2D eigenvalue weighted by Gasteiger charge is -2.27. The summed E-state index contributed by atoms with van der Waals surface area (Å²) in [6, 6.07) is 0. The van der Waals surface area contributed by atoms with Gasteiger partial charge in [-0.3, -0.25) is 0 Å². The Labute approximate surface area is 85.5 Å². The molecule has 0 radical (unpaired) electrons. The van der Waals surface area contributed by atoms with E-state index in [4.69, 9.17) is 14.9 Å². The quantitative estimate of drug-likeness (QED) is 0.554. The summed E-state index contributed by atoms with van der Waals surface area (Å²) in [4.78, 5) is 0. The molecule has 0 aliphatic rings. The zero-order valence-electron chi connectivity index (χ0n) is 9.18. The van der Waals surface area contributed by atoms with Crippen LogP contribution in [0.15, 0.2) is 0 Å². The first-order valence-electron chi connectivity index (χ1n) is 5.07. The molecule has 3 atom stereocenters. The van der Waals surface area contributed by atoms with Crippen LogP contribution < -0.4 is 0 Å². The molecule has 0 rings (SSSR count). The average molecular weight is 206 g/mol. The summed E-state index contributed by atoms with van der Waals surface area (Å²) in [7, 11) is 0. The topological polar surface area (TPSA) is 69.9 Å². The summed E-state index contributed by atoms with van der Waals surface area (Å²) >= 11 is 0. The third-order valence-corrected chi connectivity index (χ3v) is 2.02. The molecule has 0 aliphatic heterocycles. The molecule has 0 bridgehead atoms. The number of rotatable bonds is 7. The van der Waals surface area contributed by atoms with Crippen LogP contribution in [-0.2, 0) is 4.74 Å². The van der Waals surface area contributed by atoms with Crippen LogP contribution in [0.25, 0.3) is 0 Å². The zero-order valence-corrected chi connectivity index (χ0v) is 9.18. The molecular formula is C10H22O4. The summed E-state index contributed by atoms with van der Waals surface area (Å²) in [6.45, 7) is 5.68. The minimum Gasteiger partial charge on any atom is -0.394 e. The molecule has 0 saturated carbocycles. The molecule has 0 aromatic carbocycles. The minimum atomic E-state index is -0.679. The number of hydrogen-bond donors (Lipinski definition) is 3. The van der Waals surface area contributed by atoms with Crippen molar-refractivity contribution in [2.45, 2.75) is 45.5 Å². The largest absolute Gasteiger partial charge is 0.394 e. The van der Waals surface area contributed by atoms with Gasteiger partial charge in [-0.05, 0) is 12.8 Å². The van der Waals surface area contributed by atoms with E-state index in [0.717, 1.165) is 0 Å². The van der Waals surface area contributed by atoms with Crippen LogP contribution in [0.4, 0.5) is 0 Å². The number of aliphatic hydroxyl groups excluding tert-OH is 3. The zero-order chi connectivity index (χ0) is 11.1. The van der Waals surface area contributed by atoms with E-state index in [0.29, 0.717) is 6.42 Å². The molecule has 0 saturated heterocycles. The van der Waals surface area contributed by atoms with Crippen LogP contribution in [-0.4, -0.2) is 46.8 Å². The standard InChI is InChI=1S/C10H22O4/c1-7(2)10(14-5-4-11)9(13)6-8(3)12/h7-13H,4-6H2,1-3H3/t8-,9?,10+/m1/s1. The molecule has 0 heterocycles. The molecular weight excluding hydrogens is 184 g/mol. The van der Waals surface area contributed by atoms with Gasteiger partial charge >= 0.3 is 0 Å². The monoisotopic (exact) mass is 206 g/mol. The van der Waals surface area contributed by atoms with E-state index in [1.54, 1.807) is 6.92 Å². The van der Waals surface area contributed by atoms with Gasteiger partial charge in [0.05, 0.1) is 31.5 Å². The van der Waals surface area contributed by atoms with Crippen molar-refractivity contribution in [1.29, 1.82) is 0 Å². The Morgan fingerprint density at radius 1 is 1.14 bits per heavy atom. The molecule has 4 nitrogen and oxygen atoms in total. The Bertz CT molecular complexity index is 136. The van der Waals surface area contributed by atoms with Crippen molar-refractivity contribution in [3.63, 3.8) is 0 Å². The van der Waals surface area contributed by atoms with E-state index in [-0.39, 0.29) is 25.2 Å². The van der Waals surface area contributed by atoms with E-state index in [1.807, 2.05) is 13.8 Å². The van der Waals surface area contributed by atoms with Crippen LogP contribution in [0, 0.1) is 5.92 Å². The smallest absolute Gasteiger partial charge is 0.0858 e. The highest BCUT2D eigenvalue weighted by Gasteiger charge is 2.24. The third kappa shape index (κ3) is 5.54. The maximum absolute atomic E-state index is 9.71. The van der Waals surface area contributed by atoms with Crippen molar-refractivity contribution in [3.05, 3.63) is 0 Å². The molecule has 0 aliphatic carbocycles. The van der Waals surface area contributed by atoms with Crippen molar-refractivity contribution < 1.29 is 20.1 Å². The first kappa shape index (κ1) is 13.8. The molecule has 0 amide bonds. The van der Waals surface area contributed by atoms with Crippen LogP contribution in [0.5, 0.6) is 0 Å². The Hall–Kier alpha value is -0.160. The lowest BCUT2D eigenvalue weighted by molar-refractivity contribution is -0.0815. The molecule has 0 fully saturated rings. The van der Waals surface area contributed by atoms with Gasteiger partial charge in [-0.25, -0.2) is 0 Å². The Morgan fingerprint density at radius 2 is 1.71 bits per heavy atom. The SMILES string of the molecule is CC(C)[C@H](OCCO)C(O)C[C@@H](C)O. The van der Waals surface area contributed by atoms with E-state index >= 15 is 0 Å². The molecule has 4 heteroatoms. The van der Waals surface area contributed by atoms with Crippen LogP contribution in [0.1, 0.15) is 27.2 Å². The predicted molar refractivity (Wildman–Crippen MR) is 54.0 cm³/mol. The van der Waals surface area contributed by atoms with Crippen molar-refractivity contribution >= 4 is 0 Å². The van der Waals surface area contributed by atoms with Gasteiger partial charge in [0.15, 0.2) is 0 Å². The highest BCUT2D eigenvalue weighted by Crippen LogP contribution is 2.15. The first-order chi connectivity index (χ1) is 6.49. The Kier molecular flexibility index (Phi) is 7.09. The van der Waals surface area contributed by atoms with Crippen LogP contribution >= 0.6 is 0 Å². The molecule has 86 valence electrons. The second-order valence-corrected chi connectivity index (χ2v) is 3.96. The molecule has 0 spiro atoms. The van der Waals surface area contributed by atoms with Crippen molar-refractivity contribution in [2.24, 2.45) is 5.92 Å². The summed E-state index contributed by atoms with van der Waals surface area (Å²) in [5.41, 5.74) is 0. The van der Waals surface area contributed by atoms with Gasteiger partial charge in [0, 0.05) is 6.42 Å². The minimum absolute atomic E-state index is 0.0510. The van der Waals surface area contributed by atoms with E-state index in [2.05, 4.69) is 0 Å². The van der Waals surface area contributed by atoms with E-state index in [9.17, 15) is 5.11 Å². The van der Waals surface area contributed by atoms with Gasteiger partial charge in [0.1, 0.15) is 0 Å². The lowest BCUT2D eigenvalue weighted by Crippen LogP contribution is -2.36. The van der Waals surface area contributed by atoms with Crippen LogP contribution in [0.3, 0.4) is 0 Å². The van der Waals surface area contributed by atoms with E-state index in [1.165, 1.54) is 0 Å². The van der Waals surface area contributed by atoms with E-state index < -0.39 is 12.2 Å². The van der Waals surface area contributed by atoms with Gasteiger partial charge in [-0.2, -0.15) is 0 Å². The fraction of sp³-hybridized carbons (Fsp3) is 1.00. The normalized spacial score (nSPS) is 18.2. The summed E-state index contributed by atoms with van der Waals surface area (Å²) in [5.74, 6) is 0.162. The summed E-state index contributed by atoms with van der Waals surface area (Å²) in [5, 5.41) is 27.4. The number of ether oxygens (including phenoxy) is 1. The first-order valence-corrected chi connectivity index (χ1v) is 5.07. The third-order valence-electron chi connectivity index (χ3n) is 2.02. The van der Waals surface area contributed by atoms with Gasteiger partial charge in [0.2, 0.25) is 0 Å². The predicted octanol–water partition coefficient (Wildman–Crippen LogP) is 0.152. The van der Waals surface area contributed by atoms with Crippen molar-refractivity contribution in [3.8, 4) is 0 Å². The highest BCUT2D eigenvalue weighted by atomic mass is 16.5. The molecule has 1 unspecified atom stereocenters. The molecule has 14 heavy (non-hydrogen) atoms. The lowest BCUT2D eigenvalue weighted by atomic mass is 9.98. The average Bonchev–Trinajstić information content (AvgIpc) is 2.02. The Balaban J connectivity index is 4.04. The molecule has 0 aromatic heterocycles. The molecule has 0 aromatic rings. The second-order valence-electron chi connectivity index (χ2n) is 3.96. The highest BCUT2D eigenvalue weighted by molar-refractivity contribution is 4.74. The summed E-state index contributed by atoms with van der Waals surface area (Å²) < 4.78 is 5.30. The second kappa shape index (κ2) is 7.17. The maximum Gasteiger partial charge on any atom is 0.0858 e. The number of hydrogen-bond acceptors (Lipinski definition) is 4. The maximum atomic E-state index is 9.71. The number of aliphatic hydroxyl groups is 3. The Morgan fingerprint density at radius 3 is 2.07 bits per heavy atom. The molecule has 3 N–H and O–H groups in total. The van der Waals surface area contributed by atoms with Crippen molar-refractivity contribution in [2.75, 3.05) is 13.2 Å².